The second-order valence-corrected chi connectivity index (χ2v) is 5.30. The van der Waals surface area contributed by atoms with Crippen molar-refractivity contribution in [1.29, 1.82) is 0 Å². The molecule has 2 aromatic heterocycles. The van der Waals surface area contributed by atoms with Crippen LogP contribution in [-0.2, 0) is 0 Å². The summed E-state index contributed by atoms with van der Waals surface area (Å²) >= 11 is 3.39. The Bertz CT molecular complexity index is 598. The van der Waals surface area contributed by atoms with Crippen LogP contribution < -0.4 is 5.56 Å². The van der Waals surface area contributed by atoms with Crippen molar-refractivity contribution < 1.29 is 0 Å². The van der Waals surface area contributed by atoms with E-state index in [2.05, 4.69) is 31.0 Å². The summed E-state index contributed by atoms with van der Waals surface area (Å²) in [4.78, 5) is 20.3. The Hall–Kier alpha value is -1.43. The molecule has 0 unspecified atom stereocenters. The number of aromatic nitrogens is 4. The quantitative estimate of drug-likeness (QED) is 0.926. The van der Waals surface area contributed by atoms with E-state index < -0.39 is 0 Å². The van der Waals surface area contributed by atoms with Crippen molar-refractivity contribution >= 4 is 15.9 Å². The summed E-state index contributed by atoms with van der Waals surface area (Å²) in [6.45, 7) is 0. The summed E-state index contributed by atoms with van der Waals surface area (Å²) < 4.78 is 2.01. The molecule has 1 aliphatic rings. The van der Waals surface area contributed by atoms with E-state index in [-0.39, 0.29) is 5.56 Å². The summed E-state index contributed by atoms with van der Waals surface area (Å²) in [6.07, 6.45) is 7.97. The Morgan fingerprint density at radius 2 is 1.94 bits per heavy atom. The van der Waals surface area contributed by atoms with E-state index in [9.17, 15) is 4.79 Å². The van der Waals surface area contributed by atoms with Gasteiger partial charge < -0.3 is 0 Å². The largest absolute Gasteiger partial charge is 0.291 e. The molecule has 1 saturated carbocycles. The second kappa shape index (κ2) is 4.68. The van der Waals surface area contributed by atoms with Crippen molar-refractivity contribution in [2.75, 3.05) is 0 Å². The minimum absolute atomic E-state index is 0.122. The maximum Gasteiger partial charge on any atom is 0.288 e. The van der Waals surface area contributed by atoms with Crippen molar-refractivity contribution in [3.05, 3.63) is 39.0 Å². The first-order valence-corrected chi connectivity index (χ1v) is 6.84. The highest BCUT2D eigenvalue weighted by Crippen LogP contribution is 2.35. The molecule has 0 aliphatic heterocycles. The summed E-state index contributed by atoms with van der Waals surface area (Å²) in [5, 5.41) is 3.14. The molecule has 0 saturated heterocycles. The molecule has 1 N–H and O–H groups in total. The predicted octanol–water partition coefficient (Wildman–Crippen LogP) is 2.38. The van der Waals surface area contributed by atoms with Crippen molar-refractivity contribution in [2.24, 2.45) is 0 Å². The Labute approximate surface area is 112 Å². The maximum atomic E-state index is 12.2. The Morgan fingerprint density at radius 3 is 2.61 bits per heavy atom. The fourth-order valence-electron chi connectivity index (χ4n) is 2.47. The fraction of sp³-hybridized carbons (Fsp3) is 0.417. The minimum Gasteiger partial charge on any atom is -0.291 e. The average Bonchev–Trinajstić information content (AvgIpc) is 3.01. The fourth-order valence-corrected chi connectivity index (χ4v) is 3.06. The van der Waals surface area contributed by atoms with Crippen LogP contribution in [0.15, 0.2) is 27.7 Å². The molecular weight excluding hydrogens is 296 g/mol. The van der Waals surface area contributed by atoms with Crippen LogP contribution in [0.5, 0.6) is 0 Å². The average molecular weight is 309 g/mol. The zero-order valence-corrected chi connectivity index (χ0v) is 11.4. The lowest BCUT2D eigenvalue weighted by Gasteiger charge is -2.06. The van der Waals surface area contributed by atoms with Gasteiger partial charge in [0.25, 0.3) is 11.5 Å². The molecule has 6 heteroatoms. The topological polar surface area (TPSA) is 63.6 Å². The van der Waals surface area contributed by atoms with Crippen LogP contribution >= 0.6 is 15.9 Å². The van der Waals surface area contributed by atoms with Gasteiger partial charge in [0.2, 0.25) is 0 Å². The Kier molecular flexibility index (Phi) is 3.03. The number of hydrogen-bond acceptors (Lipinski definition) is 3. The molecule has 0 radical (unpaired) electrons. The zero-order chi connectivity index (χ0) is 12.5. The summed E-state index contributed by atoms with van der Waals surface area (Å²) in [5.41, 5.74) is 0.855. The van der Waals surface area contributed by atoms with E-state index in [1.165, 1.54) is 17.5 Å². The number of halogens is 1. The molecule has 0 aromatic carbocycles. The molecule has 2 aromatic rings. The molecule has 0 atom stereocenters. The standard InChI is InChI=1S/C12H13BrN4O/c13-9-10(8-4-1-2-5-8)16-17(11(9)18)12-14-6-3-7-15-12/h3,6-8,16H,1-2,4-5H2. The predicted molar refractivity (Wildman–Crippen MR) is 70.9 cm³/mol. The zero-order valence-electron chi connectivity index (χ0n) is 9.77. The van der Waals surface area contributed by atoms with Gasteiger partial charge in [0.15, 0.2) is 0 Å². The molecule has 94 valence electrons. The van der Waals surface area contributed by atoms with Crippen LogP contribution in [0.3, 0.4) is 0 Å². The van der Waals surface area contributed by atoms with Gasteiger partial charge in [-0.25, -0.2) is 9.97 Å². The van der Waals surface area contributed by atoms with Gasteiger partial charge in [-0.3, -0.25) is 9.89 Å². The summed E-state index contributed by atoms with van der Waals surface area (Å²) in [7, 11) is 0. The van der Waals surface area contributed by atoms with Gasteiger partial charge in [0, 0.05) is 18.3 Å². The van der Waals surface area contributed by atoms with Gasteiger partial charge in [0.1, 0.15) is 4.47 Å². The summed E-state index contributed by atoms with van der Waals surface area (Å²) in [6, 6.07) is 1.73. The number of nitrogens with zero attached hydrogens (tertiary/aromatic N) is 3. The van der Waals surface area contributed by atoms with Gasteiger partial charge >= 0.3 is 0 Å². The first-order valence-electron chi connectivity index (χ1n) is 6.05. The molecule has 1 fully saturated rings. The number of aromatic amines is 1. The van der Waals surface area contributed by atoms with Crippen molar-refractivity contribution in [2.45, 2.75) is 31.6 Å². The molecule has 0 amide bonds. The van der Waals surface area contributed by atoms with Crippen molar-refractivity contribution in [1.82, 2.24) is 19.7 Å². The van der Waals surface area contributed by atoms with Crippen LogP contribution in [0.4, 0.5) is 0 Å². The van der Waals surface area contributed by atoms with Crippen LogP contribution in [-0.4, -0.2) is 19.7 Å². The third kappa shape index (κ3) is 1.90. The number of H-pyrrole nitrogens is 1. The lowest BCUT2D eigenvalue weighted by molar-refractivity contribution is 0.667. The molecule has 18 heavy (non-hydrogen) atoms. The van der Waals surface area contributed by atoms with Crippen molar-refractivity contribution in [3.63, 3.8) is 0 Å². The van der Waals surface area contributed by atoms with E-state index in [0.29, 0.717) is 16.3 Å². The van der Waals surface area contributed by atoms with E-state index in [4.69, 9.17) is 0 Å². The normalized spacial score (nSPS) is 16.3. The van der Waals surface area contributed by atoms with Gasteiger partial charge in [-0.1, -0.05) is 12.8 Å². The van der Waals surface area contributed by atoms with E-state index in [0.717, 1.165) is 18.5 Å². The highest BCUT2D eigenvalue weighted by Gasteiger charge is 2.24. The Morgan fingerprint density at radius 1 is 1.28 bits per heavy atom. The lowest BCUT2D eigenvalue weighted by atomic mass is 10.1. The molecule has 0 bridgehead atoms. The maximum absolute atomic E-state index is 12.2. The third-order valence-electron chi connectivity index (χ3n) is 3.38. The van der Waals surface area contributed by atoms with Crippen molar-refractivity contribution in [3.8, 4) is 5.95 Å². The molecule has 2 heterocycles. The van der Waals surface area contributed by atoms with Gasteiger partial charge in [0.05, 0.1) is 5.69 Å². The van der Waals surface area contributed by atoms with Gasteiger partial charge in [-0.15, -0.1) is 0 Å². The smallest absolute Gasteiger partial charge is 0.288 e. The number of rotatable bonds is 2. The second-order valence-electron chi connectivity index (χ2n) is 4.51. The number of hydrogen-bond donors (Lipinski definition) is 1. The minimum atomic E-state index is -0.122. The SMILES string of the molecule is O=c1c(Br)c(C2CCCC2)[nH]n1-c1ncccn1. The summed E-state index contributed by atoms with van der Waals surface area (Å²) in [5.74, 6) is 0.824. The van der Waals surface area contributed by atoms with E-state index in [1.807, 2.05) is 0 Å². The van der Waals surface area contributed by atoms with E-state index in [1.54, 1.807) is 18.5 Å². The van der Waals surface area contributed by atoms with E-state index >= 15 is 0 Å². The lowest BCUT2D eigenvalue weighted by Crippen LogP contribution is -2.17. The third-order valence-corrected chi connectivity index (χ3v) is 4.14. The highest BCUT2D eigenvalue weighted by molar-refractivity contribution is 9.10. The van der Waals surface area contributed by atoms with Gasteiger partial charge in [-0.2, -0.15) is 4.68 Å². The Balaban J connectivity index is 2.07. The molecule has 0 spiro atoms. The molecule has 3 rings (SSSR count). The molecular formula is C12H13BrN4O. The highest BCUT2D eigenvalue weighted by atomic mass is 79.9. The van der Waals surface area contributed by atoms with Crippen LogP contribution in [0.25, 0.3) is 5.95 Å². The first-order chi connectivity index (χ1) is 8.77. The van der Waals surface area contributed by atoms with Crippen LogP contribution in [0, 0.1) is 0 Å². The number of nitrogens with one attached hydrogen (secondary N) is 1. The molecule has 1 aliphatic carbocycles. The van der Waals surface area contributed by atoms with Gasteiger partial charge in [-0.05, 0) is 34.8 Å². The first kappa shape index (κ1) is 11.6. The van der Waals surface area contributed by atoms with Crippen LogP contribution in [0.1, 0.15) is 37.3 Å². The molecule has 5 nitrogen and oxygen atoms in total. The van der Waals surface area contributed by atoms with Crippen LogP contribution in [0.2, 0.25) is 0 Å². The monoisotopic (exact) mass is 308 g/mol.